The minimum Gasteiger partial charge on any atom is -0.403 e. The Morgan fingerprint density at radius 1 is 0.800 bits per heavy atom. The fourth-order valence-electron chi connectivity index (χ4n) is 1.40. The van der Waals surface area contributed by atoms with Crippen molar-refractivity contribution < 1.29 is 17.4 Å². The molecule has 0 aliphatic rings. The first-order chi connectivity index (χ1) is 9.42. The van der Waals surface area contributed by atoms with Crippen molar-refractivity contribution in [3.8, 4) is 0 Å². The first-order valence-electron chi connectivity index (χ1n) is 8.10. The molecule has 122 valence electrons. The van der Waals surface area contributed by atoms with Gasteiger partial charge >= 0.3 is 9.05 Å². The second kappa shape index (κ2) is 11.1. The Hall–Kier alpha value is 0.491. The van der Waals surface area contributed by atoms with Crippen LogP contribution in [0.5, 0.6) is 0 Å². The van der Waals surface area contributed by atoms with Crippen LogP contribution < -0.4 is 0 Å². The summed E-state index contributed by atoms with van der Waals surface area (Å²) in [6.45, 7) is 14.8. The average molecular weight is 339 g/mol. The summed E-state index contributed by atoms with van der Waals surface area (Å²) in [5.74, 6) is 0. The first kappa shape index (κ1) is 20.5. The van der Waals surface area contributed by atoms with Gasteiger partial charge in [-0.15, -0.1) is 0 Å². The van der Waals surface area contributed by atoms with Crippen molar-refractivity contribution in [1.82, 2.24) is 0 Å². The summed E-state index contributed by atoms with van der Waals surface area (Å²) in [4.78, 5) is 0. The second-order valence-electron chi connectivity index (χ2n) is 5.36. The summed E-state index contributed by atoms with van der Waals surface area (Å²) < 4.78 is 24.7. The quantitative estimate of drug-likeness (QED) is 0.511. The van der Waals surface area contributed by atoms with Gasteiger partial charge in [-0.05, 0) is 40.0 Å². The lowest BCUT2D eigenvalue weighted by molar-refractivity contribution is -0.0567. The molecule has 0 radical (unpaired) electrons. The van der Waals surface area contributed by atoms with E-state index in [-0.39, 0.29) is 27.3 Å². The number of rotatable bonds is 12. The standard InChI is InChI=1S/C13H34O4Si3/c1-8-11(4)14-20(17-19-18-7,15-12(5)9-2)16-13(6)10-3/h11-13H,8-10,18-19H2,1-7H3. The van der Waals surface area contributed by atoms with E-state index in [4.69, 9.17) is 17.4 Å². The zero-order chi connectivity index (χ0) is 15.6. The van der Waals surface area contributed by atoms with Gasteiger partial charge in [-0.2, -0.15) is 0 Å². The van der Waals surface area contributed by atoms with Crippen molar-refractivity contribution in [2.24, 2.45) is 0 Å². The average Bonchev–Trinajstić information content (AvgIpc) is 2.44. The zero-order valence-electron chi connectivity index (χ0n) is 14.4. The number of hydrogen-bond acceptors (Lipinski definition) is 4. The fourth-order valence-corrected chi connectivity index (χ4v) is 10.3. The van der Waals surface area contributed by atoms with Crippen LogP contribution >= 0.6 is 0 Å². The summed E-state index contributed by atoms with van der Waals surface area (Å²) in [5.41, 5.74) is 0. The zero-order valence-corrected chi connectivity index (χ0v) is 18.2. The van der Waals surface area contributed by atoms with Crippen LogP contribution in [0.2, 0.25) is 6.55 Å². The van der Waals surface area contributed by atoms with E-state index in [9.17, 15) is 0 Å². The van der Waals surface area contributed by atoms with Gasteiger partial charge in [-0.25, -0.2) is 0 Å². The van der Waals surface area contributed by atoms with E-state index in [1.54, 1.807) is 0 Å². The normalized spacial score (nSPS) is 20.6. The fraction of sp³-hybridized carbons (Fsp3) is 1.00. The van der Waals surface area contributed by atoms with Crippen LogP contribution in [0.15, 0.2) is 0 Å². The van der Waals surface area contributed by atoms with E-state index in [2.05, 4.69) is 48.1 Å². The molecule has 0 amide bonds. The Labute approximate surface area is 131 Å². The second-order valence-corrected chi connectivity index (χ2v) is 13.9. The highest BCUT2D eigenvalue weighted by Gasteiger charge is 2.48. The van der Waals surface area contributed by atoms with Crippen molar-refractivity contribution in [2.45, 2.75) is 85.7 Å². The predicted octanol–water partition coefficient (Wildman–Crippen LogP) is 2.10. The van der Waals surface area contributed by atoms with Crippen LogP contribution in [-0.2, 0) is 17.4 Å². The van der Waals surface area contributed by atoms with Gasteiger partial charge in [0.15, 0.2) is 0 Å². The Balaban J connectivity index is 5.03. The first-order valence-corrected chi connectivity index (χ1v) is 15.7. The molecular formula is C13H34O4Si3. The van der Waals surface area contributed by atoms with E-state index in [1.807, 2.05) is 0 Å². The predicted molar refractivity (Wildman–Crippen MR) is 92.3 cm³/mol. The summed E-state index contributed by atoms with van der Waals surface area (Å²) in [6, 6.07) is 0. The van der Waals surface area contributed by atoms with Crippen molar-refractivity contribution >= 4 is 27.4 Å². The van der Waals surface area contributed by atoms with Gasteiger partial charge in [0, 0.05) is 27.3 Å². The molecule has 20 heavy (non-hydrogen) atoms. The van der Waals surface area contributed by atoms with Crippen LogP contribution in [0.4, 0.5) is 0 Å². The molecule has 0 aromatic carbocycles. The molecule has 7 heteroatoms. The Morgan fingerprint density at radius 2 is 1.15 bits per heavy atom. The summed E-state index contributed by atoms with van der Waals surface area (Å²) in [6.07, 6.45) is 3.16. The van der Waals surface area contributed by atoms with Gasteiger partial charge in [0.25, 0.3) is 0 Å². The highest BCUT2D eigenvalue weighted by molar-refractivity contribution is 6.98. The van der Waals surface area contributed by atoms with E-state index >= 15 is 0 Å². The van der Waals surface area contributed by atoms with Gasteiger partial charge in [-0.3, -0.25) is 0 Å². The molecule has 0 bridgehead atoms. The van der Waals surface area contributed by atoms with Gasteiger partial charge in [0.2, 0.25) is 0 Å². The van der Waals surface area contributed by atoms with Crippen LogP contribution in [0.1, 0.15) is 60.8 Å². The molecular weight excluding hydrogens is 304 g/mol. The molecule has 0 saturated carbocycles. The monoisotopic (exact) mass is 338 g/mol. The smallest absolute Gasteiger partial charge is 0.403 e. The van der Waals surface area contributed by atoms with Crippen molar-refractivity contribution in [3.05, 3.63) is 0 Å². The molecule has 0 heterocycles. The summed E-state index contributed by atoms with van der Waals surface area (Å²) >= 11 is 0. The Kier molecular flexibility index (Phi) is 11.4. The van der Waals surface area contributed by atoms with Gasteiger partial charge in [-0.1, -0.05) is 27.3 Å². The molecule has 4 nitrogen and oxygen atoms in total. The molecule has 0 aromatic heterocycles. The Bertz CT molecular complexity index is 212. The van der Waals surface area contributed by atoms with Crippen LogP contribution in [0.3, 0.4) is 0 Å². The maximum Gasteiger partial charge on any atom is 0.669 e. The lowest BCUT2D eigenvalue weighted by atomic mass is 10.3. The van der Waals surface area contributed by atoms with E-state index in [0.29, 0.717) is 0 Å². The molecule has 0 aliphatic carbocycles. The highest BCUT2D eigenvalue weighted by atomic mass is 29.2. The maximum atomic E-state index is 6.17. The van der Waals surface area contributed by atoms with Gasteiger partial charge in [0.05, 0.1) is 0 Å². The molecule has 0 spiro atoms. The molecule has 3 atom stereocenters. The molecule has 0 aromatic rings. The minimum absolute atomic E-state index is 0.0750. The molecule has 0 saturated heterocycles. The van der Waals surface area contributed by atoms with Crippen LogP contribution in [0, 0.1) is 0 Å². The third-order valence-corrected chi connectivity index (χ3v) is 11.0. The van der Waals surface area contributed by atoms with Crippen molar-refractivity contribution in [1.29, 1.82) is 0 Å². The largest absolute Gasteiger partial charge is 0.669 e. The maximum absolute atomic E-state index is 6.17. The lowest BCUT2D eigenvalue weighted by Crippen LogP contribution is -2.55. The lowest BCUT2D eigenvalue weighted by Gasteiger charge is -2.34. The van der Waals surface area contributed by atoms with E-state index < -0.39 is 18.3 Å². The van der Waals surface area contributed by atoms with E-state index in [0.717, 1.165) is 19.3 Å². The summed E-state index contributed by atoms with van der Waals surface area (Å²) in [7, 11) is -3.56. The third kappa shape index (κ3) is 8.06. The molecule has 0 aliphatic heterocycles. The number of hydrogen-bond donors (Lipinski definition) is 0. The minimum atomic E-state index is -2.97. The van der Waals surface area contributed by atoms with Crippen LogP contribution in [-0.4, -0.2) is 45.7 Å². The third-order valence-electron chi connectivity index (χ3n) is 3.24. The molecule has 0 rings (SSSR count). The summed E-state index contributed by atoms with van der Waals surface area (Å²) in [5, 5.41) is 0. The topological polar surface area (TPSA) is 36.9 Å². The highest BCUT2D eigenvalue weighted by Crippen LogP contribution is 2.21. The molecule has 0 fully saturated rings. The molecule has 0 N–H and O–H groups in total. The SMILES string of the molecule is CCC(C)O[Si](O[SiH2][SiH2]C)(OC(C)CC)OC(C)CC. The van der Waals surface area contributed by atoms with Crippen LogP contribution in [0.25, 0.3) is 0 Å². The Morgan fingerprint density at radius 3 is 1.40 bits per heavy atom. The van der Waals surface area contributed by atoms with E-state index in [1.165, 1.54) is 0 Å². The molecule has 3 unspecified atom stereocenters. The van der Waals surface area contributed by atoms with Crippen molar-refractivity contribution in [2.75, 3.05) is 0 Å². The van der Waals surface area contributed by atoms with Crippen molar-refractivity contribution in [3.63, 3.8) is 0 Å². The van der Waals surface area contributed by atoms with Gasteiger partial charge < -0.3 is 17.4 Å². The van der Waals surface area contributed by atoms with Gasteiger partial charge in [0.1, 0.15) is 9.28 Å².